The largest absolute Gasteiger partial charge is 0.492 e. The highest BCUT2D eigenvalue weighted by molar-refractivity contribution is 5.94. The molecule has 2 amide bonds. The third-order valence-corrected chi connectivity index (χ3v) is 6.55. The molecule has 0 unspecified atom stereocenters. The molecule has 31 heavy (non-hydrogen) atoms. The summed E-state index contributed by atoms with van der Waals surface area (Å²) >= 11 is 0. The van der Waals surface area contributed by atoms with Crippen molar-refractivity contribution in [2.45, 2.75) is 25.3 Å². The lowest BCUT2D eigenvalue weighted by Gasteiger charge is -2.38. The van der Waals surface area contributed by atoms with Crippen molar-refractivity contribution in [3.8, 4) is 5.75 Å². The van der Waals surface area contributed by atoms with Crippen molar-refractivity contribution in [1.82, 2.24) is 15.1 Å². The molecule has 3 atom stereocenters. The summed E-state index contributed by atoms with van der Waals surface area (Å²) in [5.41, 5.74) is 1.90. The molecule has 0 aromatic heterocycles. The Hall–Kier alpha value is -2.86. The van der Waals surface area contributed by atoms with E-state index in [9.17, 15) is 9.59 Å². The van der Waals surface area contributed by atoms with Crippen molar-refractivity contribution in [2.75, 3.05) is 39.8 Å². The molecule has 0 spiro atoms. The Morgan fingerprint density at radius 3 is 2.65 bits per heavy atom. The molecule has 2 aliphatic heterocycles. The molecule has 4 rings (SSSR count). The number of nitrogens with zero attached hydrogens (tertiary/aromatic N) is 2. The smallest absolute Gasteiger partial charge is 0.253 e. The highest BCUT2D eigenvalue weighted by Crippen LogP contribution is 2.41. The van der Waals surface area contributed by atoms with Crippen molar-refractivity contribution in [3.05, 3.63) is 65.7 Å². The SMILES string of the molecule is CNCCOc1cccc(C(=O)N2CC[C@@H]3[C@H](C2)[C@@H](c2ccccc2)CN3C(C)=O)c1. The fourth-order valence-electron chi connectivity index (χ4n) is 5.01. The molecule has 0 saturated carbocycles. The first kappa shape index (κ1) is 21.4. The van der Waals surface area contributed by atoms with Gasteiger partial charge in [-0.1, -0.05) is 36.4 Å². The van der Waals surface area contributed by atoms with Gasteiger partial charge < -0.3 is 19.9 Å². The number of amides is 2. The maximum atomic E-state index is 13.3. The number of piperidine rings is 1. The number of hydrogen-bond donors (Lipinski definition) is 1. The lowest BCUT2D eigenvalue weighted by Crippen LogP contribution is -2.49. The Labute approximate surface area is 184 Å². The third-order valence-electron chi connectivity index (χ3n) is 6.55. The lowest BCUT2D eigenvalue weighted by molar-refractivity contribution is -0.130. The van der Waals surface area contributed by atoms with Gasteiger partial charge in [0.1, 0.15) is 12.4 Å². The van der Waals surface area contributed by atoms with Crippen LogP contribution in [0.1, 0.15) is 35.2 Å². The van der Waals surface area contributed by atoms with E-state index in [4.69, 9.17) is 4.74 Å². The van der Waals surface area contributed by atoms with Gasteiger partial charge in [-0.25, -0.2) is 0 Å². The van der Waals surface area contributed by atoms with Crippen LogP contribution in [0.5, 0.6) is 5.75 Å². The molecule has 164 valence electrons. The van der Waals surface area contributed by atoms with E-state index in [1.807, 2.05) is 59.3 Å². The fourth-order valence-corrected chi connectivity index (χ4v) is 5.01. The minimum absolute atomic E-state index is 0.0330. The van der Waals surface area contributed by atoms with Crippen molar-refractivity contribution in [3.63, 3.8) is 0 Å². The standard InChI is InChI=1S/C25H31N3O3/c1-18(29)28-17-22(19-7-4-3-5-8-19)23-16-27(13-11-24(23)28)25(30)20-9-6-10-21(15-20)31-14-12-26-2/h3-10,15,22-24,26H,11-14,16-17H2,1-2H3/t22-,23-,24-/m1/s1. The maximum absolute atomic E-state index is 13.3. The zero-order valence-electron chi connectivity index (χ0n) is 18.3. The number of hydrogen-bond acceptors (Lipinski definition) is 4. The van der Waals surface area contributed by atoms with Crippen LogP contribution in [0.2, 0.25) is 0 Å². The van der Waals surface area contributed by atoms with Crippen LogP contribution in [0, 0.1) is 5.92 Å². The average Bonchev–Trinajstić information content (AvgIpc) is 3.19. The summed E-state index contributed by atoms with van der Waals surface area (Å²) in [6.07, 6.45) is 0.817. The predicted octanol–water partition coefficient (Wildman–Crippen LogP) is 2.76. The average molecular weight is 422 g/mol. The molecule has 2 aromatic carbocycles. The molecule has 1 N–H and O–H groups in total. The maximum Gasteiger partial charge on any atom is 0.253 e. The molecule has 2 saturated heterocycles. The zero-order valence-corrected chi connectivity index (χ0v) is 18.3. The summed E-state index contributed by atoms with van der Waals surface area (Å²) in [6, 6.07) is 18.0. The fraction of sp³-hybridized carbons (Fsp3) is 0.440. The summed E-state index contributed by atoms with van der Waals surface area (Å²) in [7, 11) is 1.88. The molecule has 6 nitrogen and oxygen atoms in total. The second-order valence-electron chi connectivity index (χ2n) is 8.44. The summed E-state index contributed by atoms with van der Waals surface area (Å²) in [5, 5.41) is 3.05. The second-order valence-corrected chi connectivity index (χ2v) is 8.44. The van der Waals surface area contributed by atoms with Crippen LogP contribution in [0.4, 0.5) is 0 Å². The molecule has 0 radical (unpaired) electrons. The minimum atomic E-state index is 0.0330. The van der Waals surface area contributed by atoms with Crippen LogP contribution in [0.3, 0.4) is 0 Å². The van der Waals surface area contributed by atoms with Gasteiger partial charge in [-0.3, -0.25) is 9.59 Å². The number of fused-ring (bicyclic) bond motifs is 1. The van der Waals surface area contributed by atoms with E-state index in [1.54, 1.807) is 6.92 Å². The highest BCUT2D eigenvalue weighted by atomic mass is 16.5. The lowest BCUT2D eigenvalue weighted by atomic mass is 9.81. The molecule has 2 aromatic rings. The number of carbonyl (C=O) groups is 2. The second kappa shape index (κ2) is 9.52. The van der Waals surface area contributed by atoms with Crippen LogP contribution in [-0.2, 0) is 4.79 Å². The number of ether oxygens (including phenoxy) is 1. The van der Waals surface area contributed by atoms with Crippen molar-refractivity contribution in [2.24, 2.45) is 5.92 Å². The number of rotatable bonds is 6. The molecular formula is C25H31N3O3. The van der Waals surface area contributed by atoms with Gasteiger partial charge in [0.15, 0.2) is 0 Å². The molecule has 0 aliphatic carbocycles. The van der Waals surface area contributed by atoms with Gasteiger partial charge in [-0.15, -0.1) is 0 Å². The number of carbonyl (C=O) groups excluding carboxylic acids is 2. The summed E-state index contributed by atoms with van der Waals surface area (Å²) in [6.45, 7) is 5.02. The van der Waals surface area contributed by atoms with Crippen molar-refractivity contribution < 1.29 is 14.3 Å². The van der Waals surface area contributed by atoms with E-state index in [-0.39, 0.29) is 29.7 Å². The molecule has 0 bridgehead atoms. The number of likely N-dealkylation sites (tertiary alicyclic amines) is 2. The van der Waals surface area contributed by atoms with Gasteiger partial charge in [0.05, 0.1) is 0 Å². The van der Waals surface area contributed by atoms with Crippen LogP contribution in [0.25, 0.3) is 0 Å². The van der Waals surface area contributed by atoms with E-state index < -0.39 is 0 Å². The molecule has 6 heteroatoms. The minimum Gasteiger partial charge on any atom is -0.492 e. The van der Waals surface area contributed by atoms with E-state index in [0.29, 0.717) is 31.0 Å². The van der Waals surface area contributed by atoms with E-state index >= 15 is 0 Å². The first-order valence-electron chi connectivity index (χ1n) is 11.1. The van der Waals surface area contributed by atoms with Crippen molar-refractivity contribution >= 4 is 11.8 Å². The predicted molar refractivity (Wildman–Crippen MR) is 120 cm³/mol. The van der Waals surface area contributed by atoms with Gasteiger partial charge in [0.2, 0.25) is 5.91 Å². The van der Waals surface area contributed by atoms with Crippen molar-refractivity contribution in [1.29, 1.82) is 0 Å². The van der Waals surface area contributed by atoms with Crippen LogP contribution in [-0.4, -0.2) is 67.5 Å². The van der Waals surface area contributed by atoms with Gasteiger partial charge in [0, 0.05) is 56.5 Å². The first-order valence-corrected chi connectivity index (χ1v) is 11.1. The Morgan fingerprint density at radius 2 is 1.90 bits per heavy atom. The van der Waals surface area contributed by atoms with Gasteiger partial charge in [0.25, 0.3) is 5.91 Å². The number of nitrogens with one attached hydrogen (secondary N) is 1. The zero-order chi connectivity index (χ0) is 21.8. The summed E-state index contributed by atoms with van der Waals surface area (Å²) in [4.78, 5) is 29.6. The quantitative estimate of drug-likeness (QED) is 0.729. The summed E-state index contributed by atoms with van der Waals surface area (Å²) in [5.74, 6) is 1.37. The Bertz CT molecular complexity index is 917. The van der Waals surface area contributed by atoms with Crippen LogP contribution in [0.15, 0.2) is 54.6 Å². The first-order chi connectivity index (χ1) is 15.1. The van der Waals surface area contributed by atoms with E-state index in [2.05, 4.69) is 17.4 Å². The van der Waals surface area contributed by atoms with Crippen LogP contribution < -0.4 is 10.1 Å². The Kier molecular flexibility index (Phi) is 6.56. The van der Waals surface area contributed by atoms with E-state index in [0.717, 1.165) is 19.5 Å². The monoisotopic (exact) mass is 421 g/mol. The molecule has 2 aliphatic rings. The van der Waals surface area contributed by atoms with Gasteiger partial charge >= 0.3 is 0 Å². The Morgan fingerprint density at radius 1 is 1.10 bits per heavy atom. The molecule has 2 heterocycles. The van der Waals surface area contributed by atoms with E-state index in [1.165, 1.54) is 5.56 Å². The topological polar surface area (TPSA) is 61.9 Å². The Balaban J connectivity index is 1.51. The number of benzene rings is 2. The summed E-state index contributed by atoms with van der Waals surface area (Å²) < 4.78 is 5.73. The molecule has 2 fully saturated rings. The highest BCUT2D eigenvalue weighted by Gasteiger charge is 2.46. The number of likely N-dealkylation sites (N-methyl/N-ethyl adjacent to an activating group) is 1. The van der Waals surface area contributed by atoms with Gasteiger partial charge in [-0.05, 0) is 37.2 Å². The van der Waals surface area contributed by atoms with Crippen LogP contribution >= 0.6 is 0 Å². The molecular weight excluding hydrogens is 390 g/mol. The third kappa shape index (κ3) is 4.59. The van der Waals surface area contributed by atoms with Gasteiger partial charge in [-0.2, -0.15) is 0 Å². The normalized spacial score (nSPS) is 22.8.